The van der Waals surface area contributed by atoms with Crippen molar-refractivity contribution in [3.05, 3.63) is 77.9 Å². The Bertz CT molecular complexity index is 836. The number of amides is 1. The van der Waals surface area contributed by atoms with Crippen molar-refractivity contribution < 1.29 is 9.53 Å². The van der Waals surface area contributed by atoms with Gasteiger partial charge in [0.2, 0.25) is 0 Å². The number of carbonyl (C=O) groups excluding carboxylic acids is 1. The molecule has 0 aromatic heterocycles. The average Bonchev–Trinajstić information content (AvgIpc) is 2.61. The fraction of sp³-hybridized carbons (Fsp3) is 0.150. The highest BCUT2D eigenvalue weighted by molar-refractivity contribution is 5.97. The highest BCUT2D eigenvalue weighted by Gasteiger charge is 2.16. The highest BCUT2D eigenvalue weighted by atomic mass is 16.5. The number of carbonyl (C=O) groups is 1. The molecule has 0 saturated heterocycles. The zero-order chi connectivity index (χ0) is 16.2. The first kappa shape index (κ1) is 15.1. The van der Waals surface area contributed by atoms with E-state index in [0.29, 0.717) is 11.3 Å². The van der Waals surface area contributed by atoms with E-state index >= 15 is 0 Å². The Hall–Kier alpha value is -2.81. The number of benzene rings is 3. The summed E-state index contributed by atoms with van der Waals surface area (Å²) in [7, 11) is 1.57. The topological polar surface area (TPSA) is 38.3 Å². The maximum atomic E-state index is 12.6. The van der Waals surface area contributed by atoms with Gasteiger partial charge < -0.3 is 10.1 Å². The highest BCUT2D eigenvalue weighted by Crippen LogP contribution is 2.25. The van der Waals surface area contributed by atoms with Crippen LogP contribution in [0, 0.1) is 0 Å². The minimum absolute atomic E-state index is 0.0986. The van der Waals surface area contributed by atoms with Crippen LogP contribution in [-0.4, -0.2) is 13.0 Å². The van der Waals surface area contributed by atoms with E-state index in [4.69, 9.17) is 4.74 Å². The molecular weight excluding hydrogens is 286 g/mol. The Balaban J connectivity index is 1.89. The summed E-state index contributed by atoms with van der Waals surface area (Å²) in [5.41, 5.74) is 1.65. The molecule has 23 heavy (non-hydrogen) atoms. The smallest absolute Gasteiger partial charge is 0.255 e. The van der Waals surface area contributed by atoms with Gasteiger partial charge >= 0.3 is 0 Å². The molecule has 0 radical (unpaired) electrons. The Morgan fingerprint density at radius 2 is 1.65 bits per heavy atom. The monoisotopic (exact) mass is 305 g/mol. The largest absolute Gasteiger partial charge is 0.496 e. The molecule has 0 aliphatic rings. The molecule has 0 saturated carbocycles. The van der Waals surface area contributed by atoms with Crippen LogP contribution in [0.15, 0.2) is 66.7 Å². The van der Waals surface area contributed by atoms with Crippen LogP contribution in [-0.2, 0) is 0 Å². The van der Waals surface area contributed by atoms with E-state index < -0.39 is 0 Å². The van der Waals surface area contributed by atoms with Gasteiger partial charge in [0.15, 0.2) is 0 Å². The van der Waals surface area contributed by atoms with Gasteiger partial charge in [0.1, 0.15) is 5.75 Å². The van der Waals surface area contributed by atoms with E-state index in [9.17, 15) is 4.79 Å². The Kier molecular flexibility index (Phi) is 4.29. The Morgan fingerprint density at radius 3 is 2.48 bits per heavy atom. The van der Waals surface area contributed by atoms with E-state index in [0.717, 1.165) is 10.9 Å². The van der Waals surface area contributed by atoms with E-state index in [1.807, 2.05) is 37.3 Å². The quantitative estimate of drug-likeness (QED) is 0.778. The fourth-order valence-corrected chi connectivity index (χ4v) is 2.81. The van der Waals surface area contributed by atoms with Crippen LogP contribution in [0.1, 0.15) is 28.9 Å². The third kappa shape index (κ3) is 3.04. The van der Waals surface area contributed by atoms with Crippen molar-refractivity contribution in [2.24, 2.45) is 0 Å². The molecule has 0 aliphatic heterocycles. The van der Waals surface area contributed by atoms with Crippen LogP contribution >= 0.6 is 0 Å². The summed E-state index contributed by atoms with van der Waals surface area (Å²) in [5, 5.41) is 5.39. The van der Waals surface area contributed by atoms with Crippen molar-refractivity contribution in [2.75, 3.05) is 7.11 Å². The molecule has 0 heterocycles. The molecule has 3 rings (SSSR count). The standard InChI is InChI=1S/C20H19NO2/c1-14(16-12-7-9-15-8-3-4-10-17(15)16)21-20(22)18-11-5-6-13-19(18)23-2/h3-14H,1-2H3,(H,21,22)/t14-/m0/s1. The number of hydrogen-bond donors (Lipinski definition) is 1. The lowest BCUT2D eigenvalue weighted by Crippen LogP contribution is -2.27. The lowest BCUT2D eigenvalue weighted by molar-refractivity contribution is 0.0937. The molecule has 1 N–H and O–H groups in total. The zero-order valence-electron chi connectivity index (χ0n) is 13.2. The Morgan fingerprint density at radius 1 is 0.957 bits per heavy atom. The molecule has 3 aromatic carbocycles. The number of ether oxygens (including phenoxy) is 1. The molecule has 1 atom stereocenters. The van der Waals surface area contributed by atoms with E-state index in [1.165, 1.54) is 5.39 Å². The zero-order valence-corrected chi connectivity index (χ0v) is 13.2. The van der Waals surface area contributed by atoms with Gasteiger partial charge in [-0.1, -0.05) is 54.6 Å². The minimum Gasteiger partial charge on any atom is -0.496 e. The number of hydrogen-bond acceptors (Lipinski definition) is 2. The van der Waals surface area contributed by atoms with Crippen LogP contribution < -0.4 is 10.1 Å². The summed E-state index contributed by atoms with van der Waals surface area (Å²) in [4.78, 5) is 12.6. The van der Waals surface area contributed by atoms with Crippen LogP contribution in [0.5, 0.6) is 5.75 Å². The second-order valence-corrected chi connectivity index (χ2v) is 5.46. The molecule has 0 aliphatic carbocycles. The van der Waals surface area contributed by atoms with Gasteiger partial charge in [0.25, 0.3) is 5.91 Å². The van der Waals surface area contributed by atoms with Crippen molar-refractivity contribution in [3.63, 3.8) is 0 Å². The SMILES string of the molecule is COc1ccccc1C(=O)N[C@@H](C)c1cccc2ccccc12. The maximum absolute atomic E-state index is 12.6. The van der Waals surface area contributed by atoms with E-state index in [-0.39, 0.29) is 11.9 Å². The third-order valence-corrected chi connectivity index (χ3v) is 3.99. The van der Waals surface area contributed by atoms with Crippen molar-refractivity contribution in [1.82, 2.24) is 5.32 Å². The molecule has 3 aromatic rings. The maximum Gasteiger partial charge on any atom is 0.255 e. The van der Waals surface area contributed by atoms with Crippen LogP contribution in [0.2, 0.25) is 0 Å². The summed E-state index contributed by atoms with van der Waals surface area (Å²) in [6.07, 6.45) is 0. The van der Waals surface area contributed by atoms with Gasteiger partial charge in [-0.05, 0) is 35.4 Å². The lowest BCUT2D eigenvalue weighted by atomic mass is 9.99. The molecule has 1 amide bonds. The van der Waals surface area contributed by atoms with Crippen LogP contribution in [0.25, 0.3) is 10.8 Å². The van der Waals surface area contributed by atoms with Gasteiger partial charge in [-0.2, -0.15) is 0 Å². The molecule has 0 spiro atoms. The summed E-state index contributed by atoms with van der Waals surface area (Å²) in [6.45, 7) is 2.00. The summed E-state index contributed by atoms with van der Waals surface area (Å²) in [5.74, 6) is 0.443. The summed E-state index contributed by atoms with van der Waals surface area (Å²) < 4.78 is 5.26. The van der Waals surface area contributed by atoms with Gasteiger partial charge in [-0.25, -0.2) is 0 Å². The fourth-order valence-electron chi connectivity index (χ4n) is 2.81. The van der Waals surface area contributed by atoms with E-state index in [2.05, 4.69) is 29.6 Å². The van der Waals surface area contributed by atoms with E-state index in [1.54, 1.807) is 19.2 Å². The third-order valence-electron chi connectivity index (χ3n) is 3.99. The normalized spacial score (nSPS) is 11.9. The predicted molar refractivity (Wildman–Crippen MR) is 92.8 cm³/mol. The molecule has 0 unspecified atom stereocenters. The van der Waals surface area contributed by atoms with Crippen molar-refractivity contribution in [1.29, 1.82) is 0 Å². The van der Waals surface area contributed by atoms with Gasteiger partial charge in [0, 0.05) is 0 Å². The first-order chi connectivity index (χ1) is 11.2. The minimum atomic E-state index is -0.136. The predicted octanol–water partition coefficient (Wildman–Crippen LogP) is 4.34. The second-order valence-electron chi connectivity index (χ2n) is 5.46. The molecular formula is C20H19NO2. The second kappa shape index (κ2) is 6.53. The summed E-state index contributed by atoms with van der Waals surface area (Å²) >= 11 is 0. The Labute approximate surface area is 135 Å². The number of fused-ring (bicyclic) bond motifs is 1. The first-order valence-electron chi connectivity index (χ1n) is 7.62. The average molecular weight is 305 g/mol. The first-order valence-corrected chi connectivity index (χ1v) is 7.62. The van der Waals surface area contributed by atoms with Crippen molar-refractivity contribution in [2.45, 2.75) is 13.0 Å². The van der Waals surface area contributed by atoms with Gasteiger partial charge in [-0.3, -0.25) is 4.79 Å². The van der Waals surface area contributed by atoms with Crippen molar-refractivity contribution >= 4 is 16.7 Å². The number of rotatable bonds is 4. The lowest BCUT2D eigenvalue weighted by Gasteiger charge is -2.17. The van der Waals surface area contributed by atoms with Crippen molar-refractivity contribution in [3.8, 4) is 5.75 Å². The van der Waals surface area contributed by atoms with Crippen LogP contribution in [0.4, 0.5) is 0 Å². The molecule has 3 nitrogen and oxygen atoms in total. The number of nitrogens with one attached hydrogen (secondary N) is 1. The van der Waals surface area contributed by atoms with Gasteiger partial charge in [0.05, 0.1) is 18.7 Å². The summed E-state index contributed by atoms with van der Waals surface area (Å²) in [6, 6.07) is 21.5. The molecule has 0 fully saturated rings. The molecule has 3 heteroatoms. The molecule has 116 valence electrons. The van der Waals surface area contributed by atoms with Gasteiger partial charge in [-0.15, -0.1) is 0 Å². The van der Waals surface area contributed by atoms with Crippen LogP contribution in [0.3, 0.4) is 0 Å². The molecule has 0 bridgehead atoms. The number of methoxy groups -OCH3 is 1. The number of para-hydroxylation sites is 1.